The van der Waals surface area contributed by atoms with Crippen LogP contribution in [0.3, 0.4) is 0 Å². The molecule has 6 heteroatoms. The standard InChI is InChI=1S/C22H23FN4S/c1-2-3-5-12-18(15-17-10-6-4-7-11-17)16-24-27-21(25-26-22(27)28)19-13-8-9-14-20(19)23/h4,6-11,13-16H,2-3,5,12H2,1H3,(H,26,28)/b18-15+,24-16-. The Hall–Kier alpha value is -2.86. The van der Waals surface area contributed by atoms with Gasteiger partial charge in [-0.3, -0.25) is 0 Å². The normalized spacial score (nSPS) is 12.0. The third kappa shape index (κ3) is 5.10. The minimum Gasteiger partial charge on any atom is -0.250 e. The molecule has 28 heavy (non-hydrogen) atoms. The Labute approximate surface area is 169 Å². The van der Waals surface area contributed by atoms with Gasteiger partial charge in [0.15, 0.2) is 5.82 Å². The summed E-state index contributed by atoms with van der Waals surface area (Å²) in [6.07, 6.45) is 8.21. The first-order valence-electron chi connectivity index (χ1n) is 9.41. The molecule has 2 aromatic carbocycles. The van der Waals surface area contributed by atoms with Crippen molar-refractivity contribution in [2.24, 2.45) is 5.10 Å². The molecular weight excluding hydrogens is 371 g/mol. The number of nitrogens with one attached hydrogen (secondary N) is 1. The van der Waals surface area contributed by atoms with Crippen LogP contribution < -0.4 is 0 Å². The number of benzene rings is 2. The van der Waals surface area contributed by atoms with Gasteiger partial charge >= 0.3 is 0 Å². The zero-order valence-corrected chi connectivity index (χ0v) is 16.6. The molecule has 0 atom stereocenters. The van der Waals surface area contributed by atoms with Gasteiger partial charge in [-0.15, -0.1) is 0 Å². The van der Waals surface area contributed by atoms with Crippen LogP contribution in [-0.4, -0.2) is 21.1 Å². The molecule has 4 nitrogen and oxygen atoms in total. The van der Waals surface area contributed by atoms with Gasteiger partial charge in [0, 0.05) is 0 Å². The van der Waals surface area contributed by atoms with Gasteiger partial charge in [0.1, 0.15) is 5.82 Å². The van der Waals surface area contributed by atoms with Crippen molar-refractivity contribution < 1.29 is 4.39 Å². The summed E-state index contributed by atoms with van der Waals surface area (Å²) in [6.45, 7) is 2.18. The molecule has 1 heterocycles. The third-order valence-corrected chi connectivity index (χ3v) is 4.59. The van der Waals surface area contributed by atoms with E-state index in [1.807, 2.05) is 18.2 Å². The first-order valence-corrected chi connectivity index (χ1v) is 9.82. The van der Waals surface area contributed by atoms with E-state index in [4.69, 9.17) is 12.2 Å². The van der Waals surface area contributed by atoms with Gasteiger partial charge in [0.05, 0.1) is 11.8 Å². The van der Waals surface area contributed by atoms with Crippen molar-refractivity contribution in [3.63, 3.8) is 0 Å². The molecule has 0 radical (unpaired) electrons. The lowest BCUT2D eigenvalue weighted by atomic mass is 10.1. The molecule has 0 unspecified atom stereocenters. The number of hydrogen-bond donors (Lipinski definition) is 1. The van der Waals surface area contributed by atoms with Gasteiger partial charge in [-0.1, -0.05) is 68.3 Å². The summed E-state index contributed by atoms with van der Waals surface area (Å²) in [5.41, 5.74) is 2.55. The molecular formula is C22H23FN4S. The number of aromatic amines is 1. The maximum atomic E-state index is 14.2. The van der Waals surface area contributed by atoms with Gasteiger partial charge < -0.3 is 0 Å². The average molecular weight is 395 g/mol. The molecule has 0 aliphatic heterocycles. The second-order valence-electron chi connectivity index (χ2n) is 6.48. The minimum absolute atomic E-state index is 0.321. The number of unbranched alkanes of at least 4 members (excludes halogenated alkanes) is 2. The number of nitrogens with zero attached hydrogens (tertiary/aromatic N) is 3. The van der Waals surface area contributed by atoms with Crippen LogP contribution in [0.15, 0.2) is 65.3 Å². The van der Waals surface area contributed by atoms with Crippen molar-refractivity contribution >= 4 is 24.5 Å². The number of allylic oxidation sites excluding steroid dienone is 1. The van der Waals surface area contributed by atoms with Gasteiger partial charge in [-0.25, -0.2) is 9.49 Å². The van der Waals surface area contributed by atoms with Crippen molar-refractivity contribution in [2.75, 3.05) is 0 Å². The lowest BCUT2D eigenvalue weighted by Gasteiger charge is -2.05. The van der Waals surface area contributed by atoms with E-state index in [1.165, 1.54) is 10.7 Å². The molecule has 0 aliphatic rings. The number of H-pyrrole nitrogens is 1. The molecule has 0 aliphatic carbocycles. The van der Waals surface area contributed by atoms with Crippen LogP contribution in [0.2, 0.25) is 0 Å². The molecule has 1 N–H and O–H groups in total. The number of hydrogen-bond acceptors (Lipinski definition) is 3. The average Bonchev–Trinajstić information content (AvgIpc) is 3.07. The molecule has 0 spiro atoms. The smallest absolute Gasteiger partial charge is 0.216 e. The Morgan fingerprint density at radius 1 is 1.14 bits per heavy atom. The molecule has 0 saturated carbocycles. The fourth-order valence-corrected chi connectivity index (χ4v) is 3.04. The number of halogens is 1. The fourth-order valence-electron chi connectivity index (χ4n) is 2.86. The summed E-state index contributed by atoms with van der Waals surface area (Å²) in [6, 6.07) is 16.6. The lowest BCUT2D eigenvalue weighted by molar-refractivity contribution is 0.628. The molecule has 0 saturated heterocycles. The van der Waals surface area contributed by atoms with Gasteiger partial charge in [0.25, 0.3) is 0 Å². The van der Waals surface area contributed by atoms with Crippen LogP contribution in [0, 0.1) is 10.6 Å². The van der Waals surface area contributed by atoms with Crippen LogP contribution in [0.4, 0.5) is 4.39 Å². The minimum atomic E-state index is -0.365. The van der Waals surface area contributed by atoms with Crippen molar-refractivity contribution in [1.82, 2.24) is 14.9 Å². The summed E-state index contributed by atoms with van der Waals surface area (Å²) >= 11 is 5.29. The van der Waals surface area contributed by atoms with Crippen LogP contribution in [0.5, 0.6) is 0 Å². The first-order chi connectivity index (χ1) is 13.7. The van der Waals surface area contributed by atoms with E-state index in [9.17, 15) is 4.39 Å². The monoisotopic (exact) mass is 394 g/mol. The van der Waals surface area contributed by atoms with Crippen LogP contribution in [-0.2, 0) is 0 Å². The lowest BCUT2D eigenvalue weighted by Crippen LogP contribution is -1.97. The Morgan fingerprint density at radius 3 is 2.64 bits per heavy atom. The number of aromatic nitrogens is 3. The van der Waals surface area contributed by atoms with Gasteiger partial charge in [0.2, 0.25) is 4.77 Å². The van der Waals surface area contributed by atoms with E-state index < -0.39 is 0 Å². The zero-order chi connectivity index (χ0) is 19.8. The second kappa shape index (κ2) is 9.90. The van der Waals surface area contributed by atoms with Crippen molar-refractivity contribution in [3.05, 3.63) is 76.3 Å². The molecule has 0 amide bonds. The Bertz CT molecular complexity index is 1020. The second-order valence-corrected chi connectivity index (χ2v) is 6.86. The summed E-state index contributed by atoms with van der Waals surface area (Å²) in [5.74, 6) is -0.0112. The van der Waals surface area contributed by atoms with E-state index in [-0.39, 0.29) is 5.82 Å². The summed E-state index contributed by atoms with van der Waals surface area (Å²) < 4.78 is 16.0. The van der Waals surface area contributed by atoms with E-state index in [0.29, 0.717) is 16.2 Å². The van der Waals surface area contributed by atoms with Crippen molar-refractivity contribution in [2.45, 2.75) is 32.6 Å². The first kappa shape index (κ1) is 19.9. The SMILES string of the molecule is CCCCCC(/C=N\n1c(-c2ccccc2F)n[nH]c1=S)=C\c1ccccc1. The topological polar surface area (TPSA) is 46.0 Å². The Balaban J connectivity index is 1.93. The zero-order valence-electron chi connectivity index (χ0n) is 15.8. The fraction of sp³-hybridized carbons (Fsp3) is 0.227. The highest BCUT2D eigenvalue weighted by Gasteiger charge is 2.12. The quantitative estimate of drug-likeness (QED) is 0.279. The van der Waals surface area contributed by atoms with E-state index >= 15 is 0 Å². The van der Waals surface area contributed by atoms with E-state index in [2.05, 4.69) is 40.4 Å². The number of rotatable bonds is 8. The Morgan fingerprint density at radius 2 is 1.89 bits per heavy atom. The predicted octanol–water partition coefficient (Wildman–Crippen LogP) is 6.24. The van der Waals surface area contributed by atoms with Crippen LogP contribution in [0.25, 0.3) is 17.5 Å². The van der Waals surface area contributed by atoms with Gasteiger partial charge in [-0.05, 0) is 48.3 Å². The van der Waals surface area contributed by atoms with Gasteiger partial charge in [-0.2, -0.15) is 14.9 Å². The summed E-state index contributed by atoms with van der Waals surface area (Å²) in [5, 5.41) is 11.4. The molecule has 144 valence electrons. The summed E-state index contributed by atoms with van der Waals surface area (Å²) in [7, 11) is 0. The summed E-state index contributed by atoms with van der Waals surface area (Å²) in [4.78, 5) is 0. The molecule has 0 bridgehead atoms. The van der Waals surface area contributed by atoms with Crippen LogP contribution in [0.1, 0.15) is 38.2 Å². The third-order valence-electron chi connectivity index (χ3n) is 4.32. The predicted molar refractivity (Wildman–Crippen MR) is 115 cm³/mol. The largest absolute Gasteiger partial charge is 0.250 e. The van der Waals surface area contributed by atoms with E-state index in [1.54, 1.807) is 24.4 Å². The highest BCUT2D eigenvalue weighted by Crippen LogP contribution is 2.21. The van der Waals surface area contributed by atoms with Crippen LogP contribution >= 0.6 is 12.2 Å². The molecule has 1 aromatic heterocycles. The molecule has 3 aromatic rings. The highest BCUT2D eigenvalue weighted by atomic mass is 32.1. The maximum Gasteiger partial charge on any atom is 0.216 e. The maximum absolute atomic E-state index is 14.2. The van der Waals surface area contributed by atoms with Crippen molar-refractivity contribution in [3.8, 4) is 11.4 Å². The molecule has 3 rings (SSSR count). The Kier molecular flexibility index (Phi) is 7.03. The van der Waals surface area contributed by atoms with E-state index in [0.717, 1.165) is 36.8 Å². The molecule has 0 fully saturated rings. The highest BCUT2D eigenvalue weighted by molar-refractivity contribution is 7.71. The van der Waals surface area contributed by atoms with Crippen molar-refractivity contribution in [1.29, 1.82) is 0 Å².